The zero-order valence-corrected chi connectivity index (χ0v) is 10.9. The van der Waals surface area contributed by atoms with Crippen LogP contribution in [-0.4, -0.2) is 42.8 Å². The number of carbonyl (C=O) groups excluding carboxylic acids is 1. The van der Waals surface area contributed by atoms with Gasteiger partial charge in [0, 0.05) is 12.6 Å². The van der Waals surface area contributed by atoms with E-state index >= 15 is 0 Å². The second-order valence-corrected chi connectivity index (χ2v) is 5.36. The summed E-state index contributed by atoms with van der Waals surface area (Å²) in [7, 11) is 1.94. The normalized spacial score (nSPS) is 21.2. The maximum atomic E-state index is 11.9. The first-order valence-electron chi connectivity index (χ1n) is 6.08. The maximum Gasteiger partial charge on any atom is 0.410 e. The van der Waals surface area contributed by atoms with E-state index in [1.807, 2.05) is 32.7 Å². The summed E-state index contributed by atoms with van der Waals surface area (Å²) in [6.07, 6.45) is 3.04. The lowest BCUT2D eigenvalue weighted by atomic mass is 10.1. The lowest BCUT2D eigenvalue weighted by molar-refractivity contribution is 0.0221. The Morgan fingerprint density at radius 2 is 2.19 bits per heavy atom. The third-order valence-electron chi connectivity index (χ3n) is 2.73. The van der Waals surface area contributed by atoms with Gasteiger partial charge >= 0.3 is 6.09 Å². The first-order valence-corrected chi connectivity index (χ1v) is 6.08. The summed E-state index contributed by atoms with van der Waals surface area (Å²) >= 11 is 0. The van der Waals surface area contributed by atoms with Gasteiger partial charge in [0.2, 0.25) is 0 Å². The van der Waals surface area contributed by atoms with Crippen molar-refractivity contribution in [3.8, 4) is 0 Å². The van der Waals surface area contributed by atoms with E-state index in [0.717, 1.165) is 32.4 Å². The Hall–Kier alpha value is -0.770. The SMILES string of the molecule is CNCCC1CCCN1C(=O)OC(C)(C)C. The third kappa shape index (κ3) is 4.00. The fourth-order valence-electron chi connectivity index (χ4n) is 2.01. The summed E-state index contributed by atoms with van der Waals surface area (Å²) in [6, 6.07) is 0.349. The molecule has 1 unspecified atom stereocenters. The van der Waals surface area contributed by atoms with Gasteiger partial charge in [0.15, 0.2) is 0 Å². The average molecular weight is 228 g/mol. The minimum Gasteiger partial charge on any atom is -0.444 e. The number of nitrogens with zero attached hydrogens (tertiary/aromatic N) is 1. The molecule has 4 heteroatoms. The molecule has 1 atom stereocenters. The molecule has 0 aromatic heterocycles. The summed E-state index contributed by atoms with van der Waals surface area (Å²) < 4.78 is 5.40. The lowest BCUT2D eigenvalue weighted by Crippen LogP contribution is -2.40. The molecule has 1 aliphatic heterocycles. The van der Waals surface area contributed by atoms with Crippen molar-refractivity contribution < 1.29 is 9.53 Å². The molecule has 1 saturated heterocycles. The molecule has 94 valence electrons. The molecule has 1 N–H and O–H groups in total. The molecule has 0 spiro atoms. The molecule has 0 bridgehead atoms. The highest BCUT2D eigenvalue weighted by Crippen LogP contribution is 2.22. The summed E-state index contributed by atoms with van der Waals surface area (Å²) in [5, 5.41) is 3.12. The molecule has 1 amide bonds. The van der Waals surface area contributed by atoms with Crippen molar-refractivity contribution in [1.29, 1.82) is 0 Å². The zero-order valence-electron chi connectivity index (χ0n) is 10.9. The van der Waals surface area contributed by atoms with Crippen LogP contribution in [0.5, 0.6) is 0 Å². The van der Waals surface area contributed by atoms with Gasteiger partial charge in [0.25, 0.3) is 0 Å². The van der Waals surface area contributed by atoms with Gasteiger partial charge in [-0.3, -0.25) is 0 Å². The first-order chi connectivity index (χ1) is 7.44. The Morgan fingerprint density at radius 1 is 1.50 bits per heavy atom. The lowest BCUT2D eigenvalue weighted by Gasteiger charge is -2.28. The molecule has 1 fully saturated rings. The number of ether oxygens (including phenoxy) is 1. The van der Waals surface area contributed by atoms with E-state index in [4.69, 9.17) is 4.74 Å². The van der Waals surface area contributed by atoms with Gasteiger partial charge in [-0.15, -0.1) is 0 Å². The van der Waals surface area contributed by atoms with Crippen LogP contribution in [0.3, 0.4) is 0 Å². The highest BCUT2D eigenvalue weighted by molar-refractivity contribution is 5.68. The second kappa shape index (κ2) is 5.53. The van der Waals surface area contributed by atoms with Crippen LogP contribution in [0.15, 0.2) is 0 Å². The molecule has 0 aromatic carbocycles. The van der Waals surface area contributed by atoms with Crippen LogP contribution in [0.1, 0.15) is 40.0 Å². The molecule has 0 aromatic rings. The van der Waals surface area contributed by atoms with Crippen molar-refractivity contribution in [3.63, 3.8) is 0 Å². The number of hydrogen-bond acceptors (Lipinski definition) is 3. The highest BCUT2D eigenvalue weighted by atomic mass is 16.6. The Balaban J connectivity index is 2.47. The molecule has 0 saturated carbocycles. The van der Waals surface area contributed by atoms with Crippen LogP contribution in [-0.2, 0) is 4.74 Å². The van der Waals surface area contributed by atoms with Crippen LogP contribution in [0.25, 0.3) is 0 Å². The van der Waals surface area contributed by atoms with Crippen molar-refractivity contribution in [3.05, 3.63) is 0 Å². The molecule has 1 heterocycles. The Labute approximate surface area is 98.3 Å². The first kappa shape index (κ1) is 13.3. The van der Waals surface area contributed by atoms with Crippen molar-refractivity contribution in [2.24, 2.45) is 0 Å². The summed E-state index contributed by atoms with van der Waals surface area (Å²) in [5.41, 5.74) is -0.396. The minimum atomic E-state index is -0.396. The van der Waals surface area contributed by atoms with Crippen LogP contribution in [0.2, 0.25) is 0 Å². The van der Waals surface area contributed by atoms with E-state index in [1.54, 1.807) is 0 Å². The van der Waals surface area contributed by atoms with Crippen LogP contribution < -0.4 is 5.32 Å². The van der Waals surface area contributed by atoms with Crippen molar-refractivity contribution in [2.75, 3.05) is 20.1 Å². The minimum absolute atomic E-state index is 0.161. The standard InChI is InChI=1S/C12H24N2O2/c1-12(2,3)16-11(15)14-9-5-6-10(14)7-8-13-4/h10,13H,5-9H2,1-4H3. The second-order valence-electron chi connectivity index (χ2n) is 5.36. The summed E-state index contributed by atoms with van der Waals surface area (Å²) in [6.45, 7) is 7.50. The Bertz CT molecular complexity index is 236. The Kier molecular flexibility index (Phi) is 4.59. The number of carbonyl (C=O) groups is 1. The van der Waals surface area contributed by atoms with Gasteiger partial charge in [0.05, 0.1) is 0 Å². The van der Waals surface area contributed by atoms with Gasteiger partial charge in [-0.25, -0.2) is 4.79 Å². The van der Waals surface area contributed by atoms with E-state index in [0.29, 0.717) is 6.04 Å². The zero-order chi connectivity index (χ0) is 12.2. The summed E-state index contributed by atoms with van der Waals surface area (Å²) in [4.78, 5) is 13.8. The fraction of sp³-hybridized carbons (Fsp3) is 0.917. The molecular weight excluding hydrogens is 204 g/mol. The molecular formula is C12H24N2O2. The van der Waals surface area contributed by atoms with Gasteiger partial charge < -0.3 is 15.0 Å². The highest BCUT2D eigenvalue weighted by Gasteiger charge is 2.31. The molecule has 1 aliphatic rings. The van der Waals surface area contributed by atoms with Crippen LogP contribution >= 0.6 is 0 Å². The molecule has 4 nitrogen and oxygen atoms in total. The van der Waals surface area contributed by atoms with Gasteiger partial charge in [-0.2, -0.15) is 0 Å². The quantitative estimate of drug-likeness (QED) is 0.803. The number of rotatable bonds is 3. The van der Waals surface area contributed by atoms with Crippen molar-refractivity contribution in [2.45, 2.75) is 51.7 Å². The number of nitrogens with one attached hydrogen (secondary N) is 1. The number of likely N-dealkylation sites (tertiary alicyclic amines) is 1. The van der Waals surface area contributed by atoms with E-state index in [1.165, 1.54) is 0 Å². The maximum absolute atomic E-state index is 11.9. The Morgan fingerprint density at radius 3 is 2.75 bits per heavy atom. The predicted molar refractivity (Wildman–Crippen MR) is 64.5 cm³/mol. The summed E-state index contributed by atoms with van der Waals surface area (Å²) in [5.74, 6) is 0. The van der Waals surface area contributed by atoms with Gasteiger partial charge in [-0.1, -0.05) is 0 Å². The number of amides is 1. The van der Waals surface area contributed by atoms with Gasteiger partial charge in [-0.05, 0) is 53.6 Å². The number of hydrogen-bond donors (Lipinski definition) is 1. The molecule has 0 aliphatic carbocycles. The van der Waals surface area contributed by atoms with E-state index in [9.17, 15) is 4.79 Å². The smallest absolute Gasteiger partial charge is 0.410 e. The van der Waals surface area contributed by atoms with Gasteiger partial charge in [0.1, 0.15) is 5.60 Å². The van der Waals surface area contributed by atoms with Crippen molar-refractivity contribution >= 4 is 6.09 Å². The monoisotopic (exact) mass is 228 g/mol. The third-order valence-corrected chi connectivity index (χ3v) is 2.73. The fourth-order valence-corrected chi connectivity index (χ4v) is 2.01. The van der Waals surface area contributed by atoms with E-state index < -0.39 is 5.60 Å². The largest absolute Gasteiger partial charge is 0.444 e. The molecule has 0 radical (unpaired) electrons. The topological polar surface area (TPSA) is 41.6 Å². The predicted octanol–water partition coefficient (Wildman–Crippen LogP) is 2.00. The van der Waals surface area contributed by atoms with Crippen LogP contribution in [0.4, 0.5) is 4.79 Å². The average Bonchev–Trinajstić information content (AvgIpc) is 2.59. The molecule has 16 heavy (non-hydrogen) atoms. The van der Waals surface area contributed by atoms with Crippen LogP contribution in [0, 0.1) is 0 Å². The van der Waals surface area contributed by atoms with Crippen molar-refractivity contribution in [1.82, 2.24) is 10.2 Å². The molecule has 1 rings (SSSR count). The van der Waals surface area contributed by atoms with E-state index in [2.05, 4.69) is 5.32 Å². The van der Waals surface area contributed by atoms with E-state index in [-0.39, 0.29) is 6.09 Å².